The number of ether oxygens (including phenoxy) is 1. The van der Waals surface area contributed by atoms with Gasteiger partial charge in [-0.15, -0.1) is 0 Å². The van der Waals surface area contributed by atoms with Crippen molar-refractivity contribution in [3.63, 3.8) is 0 Å². The largest absolute Gasteiger partial charge is 0.489 e. The molecule has 33 heavy (non-hydrogen) atoms. The van der Waals surface area contributed by atoms with E-state index >= 15 is 0 Å². The fourth-order valence-corrected chi connectivity index (χ4v) is 4.22. The third-order valence-electron chi connectivity index (χ3n) is 5.34. The Hall–Kier alpha value is -3.31. The number of aryl methyl sites for hydroxylation is 2. The minimum absolute atomic E-state index is 0.127. The van der Waals surface area contributed by atoms with Gasteiger partial charge in [-0.3, -0.25) is 4.79 Å². The predicted octanol–water partition coefficient (Wildman–Crippen LogP) is 6.81. The molecule has 4 nitrogen and oxygen atoms in total. The predicted molar refractivity (Wildman–Crippen MR) is 138 cm³/mol. The third-order valence-corrected chi connectivity index (χ3v) is 6.25. The lowest BCUT2D eigenvalue weighted by Gasteiger charge is -2.07. The summed E-state index contributed by atoms with van der Waals surface area (Å²) >= 11 is 1.36. The van der Waals surface area contributed by atoms with Crippen molar-refractivity contribution in [1.82, 2.24) is 5.32 Å². The first kappa shape index (κ1) is 22.9. The monoisotopic (exact) mass is 456 g/mol. The second-order valence-electron chi connectivity index (χ2n) is 8.10. The van der Waals surface area contributed by atoms with E-state index in [1.807, 2.05) is 42.5 Å². The van der Waals surface area contributed by atoms with Gasteiger partial charge in [0.25, 0.3) is 5.91 Å². The minimum Gasteiger partial charge on any atom is -0.489 e. The van der Waals surface area contributed by atoms with Crippen LogP contribution < -0.4 is 10.1 Å². The van der Waals surface area contributed by atoms with Gasteiger partial charge in [0.2, 0.25) is 0 Å². The summed E-state index contributed by atoms with van der Waals surface area (Å²) in [7, 11) is 0. The Morgan fingerprint density at radius 3 is 2.33 bits per heavy atom. The summed E-state index contributed by atoms with van der Waals surface area (Å²) in [5, 5.41) is 3.46. The van der Waals surface area contributed by atoms with Crippen molar-refractivity contribution in [2.75, 3.05) is 0 Å². The molecular formula is C28H28N2O2S. The van der Waals surface area contributed by atoms with Crippen molar-refractivity contribution in [2.45, 2.75) is 39.7 Å². The van der Waals surface area contributed by atoms with Gasteiger partial charge in [-0.1, -0.05) is 67.4 Å². The van der Waals surface area contributed by atoms with Crippen LogP contribution in [0.25, 0.3) is 6.08 Å². The van der Waals surface area contributed by atoms with E-state index < -0.39 is 0 Å². The molecule has 3 aromatic carbocycles. The number of carbonyl (C=O) groups is 1. The van der Waals surface area contributed by atoms with Crippen LogP contribution in [0.4, 0.5) is 5.69 Å². The molecule has 0 unspecified atom stereocenters. The second-order valence-corrected chi connectivity index (χ2v) is 9.13. The maximum Gasteiger partial charge on any atom is 0.264 e. The van der Waals surface area contributed by atoms with E-state index in [0.717, 1.165) is 29.0 Å². The molecule has 0 aromatic heterocycles. The highest BCUT2D eigenvalue weighted by molar-refractivity contribution is 8.18. The molecule has 1 amide bonds. The Kier molecular flexibility index (Phi) is 7.63. The second kappa shape index (κ2) is 11.0. The summed E-state index contributed by atoms with van der Waals surface area (Å²) in [4.78, 5) is 17.6. The zero-order valence-electron chi connectivity index (χ0n) is 19.0. The Bertz CT molecular complexity index is 1150. The number of amidine groups is 1. The molecule has 0 bridgehead atoms. The summed E-state index contributed by atoms with van der Waals surface area (Å²) in [5.41, 5.74) is 5.47. The van der Waals surface area contributed by atoms with Gasteiger partial charge >= 0.3 is 0 Å². The molecule has 0 radical (unpaired) electrons. The number of rotatable bonds is 8. The van der Waals surface area contributed by atoms with Crippen LogP contribution in [-0.2, 0) is 17.8 Å². The zero-order chi connectivity index (χ0) is 23.0. The molecule has 5 heteroatoms. The molecule has 1 aliphatic heterocycles. The van der Waals surface area contributed by atoms with Gasteiger partial charge in [-0.25, -0.2) is 4.99 Å². The van der Waals surface area contributed by atoms with E-state index in [0.29, 0.717) is 16.7 Å². The first-order valence-electron chi connectivity index (χ1n) is 11.3. The van der Waals surface area contributed by atoms with Crippen molar-refractivity contribution >= 4 is 34.6 Å². The smallest absolute Gasteiger partial charge is 0.264 e. The van der Waals surface area contributed by atoms with Crippen molar-refractivity contribution in [3.05, 3.63) is 100.0 Å². The van der Waals surface area contributed by atoms with E-state index in [4.69, 9.17) is 4.74 Å². The van der Waals surface area contributed by atoms with Crippen LogP contribution in [0.15, 0.2) is 82.7 Å². The molecule has 1 aliphatic rings. The number of benzene rings is 3. The van der Waals surface area contributed by atoms with Gasteiger partial charge in [0.1, 0.15) is 12.4 Å². The average Bonchev–Trinajstić information content (AvgIpc) is 3.17. The quantitative estimate of drug-likeness (QED) is 0.379. The van der Waals surface area contributed by atoms with Crippen LogP contribution in [0.1, 0.15) is 42.0 Å². The number of nitrogens with zero attached hydrogens (tertiary/aromatic N) is 1. The molecular weight excluding hydrogens is 428 g/mol. The van der Waals surface area contributed by atoms with E-state index in [1.54, 1.807) is 0 Å². The summed E-state index contributed by atoms with van der Waals surface area (Å²) in [6.07, 6.45) is 5.33. The Morgan fingerprint density at radius 1 is 0.939 bits per heavy atom. The van der Waals surface area contributed by atoms with Gasteiger partial charge in [0, 0.05) is 0 Å². The molecule has 1 fully saturated rings. The maximum atomic E-state index is 12.4. The Morgan fingerprint density at radius 2 is 1.64 bits per heavy atom. The molecule has 0 aliphatic carbocycles. The molecule has 0 atom stereocenters. The number of nitrogens with one attached hydrogen (secondary N) is 1. The van der Waals surface area contributed by atoms with Crippen LogP contribution in [-0.4, -0.2) is 11.1 Å². The van der Waals surface area contributed by atoms with Crippen LogP contribution in [0.5, 0.6) is 5.75 Å². The number of aliphatic imine (C=N–C) groups is 1. The normalized spacial score (nSPS) is 15.8. The number of thioether (sulfide) groups is 1. The zero-order valence-corrected chi connectivity index (χ0v) is 19.8. The standard InChI is InChI=1S/C28H28N2O2S/c1-3-4-5-21-10-14-24(15-11-21)29-28-30-27(31)26(33-28)18-22-12-16-25(17-13-22)32-19-23-8-6-20(2)7-9-23/h6-18H,3-5,19H2,1-2H3,(H,29,30,31). The topological polar surface area (TPSA) is 50.7 Å². The molecule has 3 aromatic rings. The van der Waals surface area contributed by atoms with E-state index in [-0.39, 0.29) is 5.91 Å². The van der Waals surface area contributed by atoms with Gasteiger partial charge in [-0.05, 0) is 78.6 Å². The van der Waals surface area contributed by atoms with E-state index in [2.05, 4.69) is 60.6 Å². The van der Waals surface area contributed by atoms with Crippen molar-refractivity contribution in [2.24, 2.45) is 4.99 Å². The Labute approximate surface area is 199 Å². The summed E-state index contributed by atoms with van der Waals surface area (Å²) in [6.45, 7) is 4.79. The molecule has 1 N–H and O–H groups in total. The lowest BCUT2D eigenvalue weighted by molar-refractivity contribution is -0.115. The Balaban J connectivity index is 1.36. The maximum absolute atomic E-state index is 12.4. The molecule has 4 rings (SSSR count). The SMILES string of the molecule is CCCCc1ccc(N=C2NC(=O)C(=Cc3ccc(OCc4ccc(C)cc4)cc3)S2)cc1. The van der Waals surface area contributed by atoms with Crippen LogP contribution >= 0.6 is 11.8 Å². The van der Waals surface area contributed by atoms with Gasteiger partial charge in [0.05, 0.1) is 10.6 Å². The highest BCUT2D eigenvalue weighted by Gasteiger charge is 2.23. The molecule has 0 spiro atoms. The number of amides is 1. The van der Waals surface area contributed by atoms with Gasteiger partial charge < -0.3 is 10.1 Å². The highest BCUT2D eigenvalue weighted by atomic mass is 32.2. The fraction of sp³-hybridized carbons (Fsp3) is 0.214. The van der Waals surface area contributed by atoms with E-state index in [9.17, 15) is 4.79 Å². The minimum atomic E-state index is -0.127. The summed E-state index contributed by atoms with van der Waals surface area (Å²) < 4.78 is 5.87. The van der Waals surface area contributed by atoms with Crippen molar-refractivity contribution in [3.8, 4) is 5.75 Å². The van der Waals surface area contributed by atoms with E-state index in [1.165, 1.54) is 35.7 Å². The molecule has 168 valence electrons. The number of hydrogen-bond acceptors (Lipinski definition) is 4. The van der Waals surface area contributed by atoms with Crippen LogP contribution in [0.3, 0.4) is 0 Å². The number of carbonyl (C=O) groups excluding carboxylic acids is 1. The van der Waals surface area contributed by atoms with Gasteiger partial charge in [-0.2, -0.15) is 0 Å². The molecule has 0 saturated carbocycles. The molecule has 1 saturated heterocycles. The van der Waals surface area contributed by atoms with Crippen molar-refractivity contribution < 1.29 is 9.53 Å². The fourth-order valence-electron chi connectivity index (χ4n) is 3.38. The van der Waals surface area contributed by atoms with Crippen LogP contribution in [0, 0.1) is 6.92 Å². The number of unbranched alkanes of at least 4 members (excludes halogenated alkanes) is 1. The first-order chi connectivity index (χ1) is 16.1. The van der Waals surface area contributed by atoms with Gasteiger partial charge in [0.15, 0.2) is 5.17 Å². The highest BCUT2D eigenvalue weighted by Crippen LogP contribution is 2.28. The first-order valence-corrected chi connectivity index (χ1v) is 12.1. The average molecular weight is 457 g/mol. The van der Waals surface area contributed by atoms with Crippen molar-refractivity contribution in [1.29, 1.82) is 0 Å². The number of hydrogen-bond donors (Lipinski definition) is 1. The summed E-state index contributed by atoms with van der Waals surface area (Å²) in [5.74, 6) is 0.670. The lowest BCUT2D eigenvalue weighted by Crippen LogP contribution is -2.19. The summed E-state index contributed by atoms with van der Waals surface area (Å²) in [6, 6.07) is 24.3. The lowest BCUT2D eigenvalue weighted by atomic mass is 10.1. The molecule has 1 heterocycles. The third kappa shape index (κ3) is 6.59. The van der Waals surface area contributed by atoms with Crippen LogP contribution in [0.2, 0.25) is 0 Å².